The summed E-state index contributed by atoms with van der Waals surface area (Å²) >= 11 is 5.97. The molecule has 0 radical (unpaired) electrons. The van der Waals surface area contributed by atoms with E-state index in [1.165, 1.54) is 12.1 Å². The van der Waals surface area contributed by atoms with Gasteiger partial charge in [-0.2, -0.15) is 13.2 Å². The zero-order valence-electron chi connectivity index (χ0n) is 17.6. The number of alkyl halides is 3. The summed E-state index contributed by atoms with van der Waals surface area (Å²) in [4.78, 5) is 11.6. The first kappa shape index (κ1) is 21.7. The first-order chi connectivity index (χ1) is 15.9. The normalized spacial score (nSPS) is 14.3. The molecule has 0 amide bonds. The second kappa shape index (κ2) is 8.65. The van der Waals surface area contributed by atoms with Crippen molar-refractivity contribution in [1.82, 2.24) is 19.4 Å². The fraction of sp³-hybridized carbons (Fsp3) is 0.200. The van der Waals surface area contributed by atoms with E-state index in [0.29, 0.717) is 29.6 Å². The lowest BCUT2D eigenvalue weighted by molar-refractivity contribution is -0.137. The van der Waals surface area contributed by atoms with Crippen molar-refractivity contribution in [2.75, 3.05) is 6.54 Å². The Labute approximate surface area is 194 Å². The van der Waals surface area contributed by atoms with E-state index >= 15 is 0 Å². The van der Waals surface area contributed by atoms with Crippen LogP contribution in [0.15, 0.2) is 73.1 Å². The third-order valence-electron chi connectivity index (χ3n) is 5.81. The SMILES string of the molecule is FC(F)(F)c1ccc(-n2cccc2CN2CCc3nc(-c4ccc(Cl)cc4)ncc3C2)cc1. The van der Waals surface area contributed by atoms with Crippen LogP contribution in [0.1, 0.15) is 22.5 Å². The second-order valence-corrected chi connectivity index (χ2v) is 8.48. The van der Waals surface area contributed by atoms with Gasteiger partial charge in [-0.1, -0.05) is 11.6 Å². The Morgan fingerprint density at radius 2 is 1.73 bits per heavy atom. The van der Waals surface area contributed by atoms with Gasteiger partial charge in [-0.15, -0.1) is 0 Å². The molecule has 0 spiro atoms. The molecule has 4 nitrogen and oxygen atoms in total. The van der Waals surface area contributed by atoms with Crippen LogP contribution in [0.4, 0.5) is 13.2 Å². The molecule has 5 rings (SSSR count). The van der Waals surface area contributed by atoms with Gasteiger partial charge in [0.05, 0.1) is 11.3 Å². The molecule has 0 fully saturated rings. The van der Waals surface area contributed by atoms with E-state index in [2.05, 4.69) is 9.88 Å². The Kier molecular flexibility index (Phi) is 5.68. The highest BCUT2D eigenvalue weighted by atomic mass is 35.5. The molecule has 168 valence electrons. The Hall–Kier alpha value is -3.16. The molecule has 4 aromatic rings. The predicted octanol–water partition coefficient (Wildman–Crippen LogP) is 6.16. The van der Waals surface area contributed by atoms with Crippen LogP contribution in [-0.4, -0.2) is 26.0 Å². The summed E-state index contributed by atoms with van der Waals surface area (Å²) in [5.74, 6) is 0.690. The van der Waals surface area contributed by atoms with E-state index in [4.69, 9.17) is 16.6 Å². The van der Waals surface area contributed by atoms with Crippen molar-refractivity contribution in [3.8, 4) is 17.1 Å². The summed E-state index contributed by atoms with van der Waals surface area (Å²) in [5, 5.41) is 0.674. The molecule has 2 aromatic heterocycles. The minimum absolute atomic E-state index is 0.648. The molecule has 0 bridgehead atoms. The van der Waals surface area contributed by atoms with Crippen LogP contribution in [0, 0.1) is 0 Å². The predicted molar refractivity (Wildman–Crippen MR) is 121 cm³/mol. The number of benzene rings is 2. The standard InChI is InChI=1S/C25H20ClF3N4/c26-20-7-3-17(4-8-20)24-30-14-18-15-32(13-11-23(18)31-24)16-22-2-1-12-33(22)21-9-5-19(6-10-21)25(27,28)29/h1-10,12,14H,11,13,15-16H2. The van der Waals surface area contributed by atoms with Crippen molar-refractivity contribution in [1.29, 1.82) is 0 Å². The molecule has 0 unspecified atom stereocenters. The van der Waals surface area contributed by atoms with E-state index < -0.39 is 11.7 Å². The van der Waals surface area contributed by atoms with Gasteiger partial charge in [0, 0.05) is 66.0 Å². The summed E-state index contributed by atoms with van der Waals surface area (Å²) in [7, 11) is 0. The van der Waals surface area contributed by atoms with Crippen LogP contribution < -0.4 is 0 Å². The van der Waals surface area contributed by atoms with Crippen LogP contribution in [0.2, 0.25) is 5.02 Å². The quantitative estimate of drug-likeness (QED) is 0.359. The van der Waals surface area contributed by atoms with Crippen LogP contribution in [0.25, 0.3) is 17.1 Å². The van der Waals surface area contributed by atoms with Crippen molar-refractivity contribution < 1.29 is 13.2 Å². The molecule has 0 N–H and O–H groups in total. The van der Waals surface area contributed by atoms with Crippen molar-refractivity contribution in [3.63, 3.8) is 0 Å². The van der Waals surface area contributed by atoms with Crippen molar-refractivity contribution in [2.45, 2.75) is 25.7 Å². The van der Waals surface area contributed by atoms with Crippen molar-refractivity contribution in [2.24, 2.45) is 0 Å². The highest BCUT2D eigenvalue weighted by molar-refractivity contribution is 6.30. The molecular weight excluding hydrogens is 449 g/mol. The number of rotatable bonds is 4. The van der Waals surface area contributed by atoms with E-state index in [0.717, 1.165) is 47.6 Å². The summed E-state index contributed by atoms with van der Waals surface area (Å²) in [6.07, 6.45) is 0.221. The average molecular weight is 469 g/mol. The zero-order chi connectivity index (χ0) is 23.0. The lowest BCUT2D eigenvalue weighted by Crippen LogP contribution is -2.31. The summed E-state index contributed by atoms with van der Waals surface area (Å²) in [6.45, 7) is 2.23. The van der Waals surface area contributed by atoms with E-state index in [9.17, 15) is 13.2 Å². The minimum atomic E-state index is -4.34. The summed E-state index contributed by atoms with van der Waals surface area (Å²) in [6, 6.07) is 16.6. The molecule has 1 aliphatic heterocycles. The van der Waals surface area contributed by atoms with Gasteiger partial charge in [0.25, 0.3) is 0 Å². The van der Waals surface area contributed by atoms with Gasteiger partial charge in [-0.25, -0.2) is 9.97 Å². The van der Waals surface area contributed by atoms with Crippen LogP contribution >= 0.6 is 11.6 Å². The highest BCUT2D eigenvalue weighted by Gasteiger charge is 2.30. The van der Waals surface area contributed by atoms with Gasteiger partial charge in [0.2, 0.25) is 0 Å². The topological polar surface area (TPSA) is 34.0 Å². The van der Waals surface area contributed by atoms with Gasteiger partial charge in [0.1, 0.15) is 0 Å². The van der Waals surface area contributed by atoms with E-state index in [1.54, 1.807) is 0 Å². The Morgan fingerprint density at radius 1 is 0.970 bits per heavy atom. The van der Waals surface area contributed by atoms with Crippen LogP contribution in [0.3, 0.4) is 0 Å². The second-order valence-electron chi connectivity index (χ2n) is 8.05. The molecule has 2 aromatic carbocycles. The van der Waals surface area contributed by atoms with Crippen LogP contribution in [-0.2, 0) is 25.7 Å². The number of aromatic nitrogens is 3. The maximum absolute atomic E-state index is 12.9. The van der Waals surface area contributed by atoms with Gasteiger partial charge in [-0.3, -0.25) is 4.90 Å². The van der Waals surface area contributed by atoms with E-state index in [1.807, 2.05) is 53.4 Å². The van der Waals surface area contributed by atoms with Crippen molar-refractivity contribution in [3.05, 3.63) is 101 Å². The molecule has 0 saturated carbocycles. The van der Waals surface area contributed by atoms with Crippen molar-refractivity contribution >= 4 is 11.6 Å². The maximum atomic E-state index is 12.9. The number of hydrogen-bond acceptors (Lipinski definition) is 3. The van der Waals surface area contributed by atoms with Gasteiger partial charge in [-0.05, 0) is 60.7 Å². The lowest BCUT2D eigenvalue weighted by Gasteiger charge is -2.28. The third kappa shape index (κ3) is 4.65. The molecule has 0 saturated heterocycles. The molecule has 33 heavy (non-hydrogen) atoms. The highest BCUT2D eigenvalue weighted by Crippen LogP contribution is 2.30. The monoisotopic (exact) mass is 468 g/mol. The number of halogens is 4. The minimum Gasteiger partial charge on any atom is -0.320 e. The van der Waals surface area contributed by atoms with Gasteiger partial charge < -0.3 is 4.57 Å². The van der Waals surface area contributed by atoms with Gasteiger partial charge in [0.15, 0.2) is 5.82 Å². The fourth-order valence-electron chi connectivity index (χ4n) is 4.08. The third-order valence-corrected chi connectivity index (χ3v) is 6.06. The van der Waals surface area contributed by atoms with Gasteiger partial charge >= 0.3 is 6.18 Å². The fourth-order valence-corrected chi connectivity index (χ4v) is 4.21. The molecule has 3 heterocycles. The number of hydrogen-bond donors (Lipinski definition) is 0. The molecule has 0 atom stereocenters. The Bertz CT molecular complexity index is 1260. The number of nitrogens with zero attached hydrogens (tertiary/aromatic N) is 4. The van der Waals surface area contributed by atoms with Crippen LogP contribution in [0.5, 0.6) is 0 Å². The zero-order valence-corrected chi connectivity index (χ0v) is 18.3. The Morgan fingerprint density at radius 3 is 2.45 bits per heavy atom. The number of fused-ring (bicyclic) bond motifs is 1. The Balaban J connectivity index is 1.31. The smallest absolute Gasteiger partial charge is 0.320 e. The maximum Gasteiger partial charge on any atom is 0.416 e. The molecular formula is C25H20ClF3N4. The summed E-state index contributed by atoms with van der Waals surface area (Å²) < 4.78 is 40.6. The molecule has 1 aliphatic rings. The first-order valence-electron chi connectivity index (χ1n) is 10.5. The first-order valence-corrected chi connectivity index (χ1v) is 10.9. The average Bonchev–Trinajstić information content (AvgIpc) is 3.27. The molecule has 0 aliphatic carbocycles. The summed E-state index contributed by atoms with van der Waals surface area (Å²) in [5.41, 5.74) is 4.13. The molecule has 8 heteroatoms. The largest absolute Gasteiger partial charge is 0.416 e. The lowest BCUT2D eigenvalue weighted by atomic mass is 10.1. The van der Waals surface area contributed by atoms with E-state index in [-0.39, 0.29) is 0 Å².